The molecule has 1 aliphatic carbocycles. The minimum atomic E-state index is -4.99. The van der Waals surface area contributed by atoms with Crippen LogP contribution in [0.3, 0.4) is 0 Å². The molecule has 3 rings (SSSR count). The van der Waals surface area contributed by atoms with Crippen molar-refractivity contribution >= 4 is 17.2 Å². The lowest BCUT2D eigenvalue weighted by atomic mass is 9.74. The largest absolute Gasteiger partial charge is 0.416 e. The van der Waals surface area contributed by atoms with E-state index in [9.17, 15) is 31.4 Å². The average molecular weight is 520 g/mol. The number of likely N-dealkylation sites (N-methyl/N-ethyl adjacent to an activating group) is 1. The fraction of sp³-hybridized carbons (Fsp3) is 0.462. The summed E-state index contributed by atoms with van der Waals surface area (Å²) in [5, 5.41) is 11.5. The highest BCUT2D eigenvalue weighted by atomic mass is 35.5. The van der Waals surface area contributed by atoms with Crippen LogP contribution in [0.2, 0.25) is 5.02 Å². The van der Waals surface area contributed by atoms with Crippen LogP contribution in [0, 0.1) is 5.41 Å². The van der Waals surface area contributed by atoms with Gasteiger partial charge in [-0.3, -0.25) is 0 Å². The summed E-state index contributed by atoms with van der Waals surface area (Å²) in [4.78, 5) is 1.76. The zero-order valence-corrected chi connectivity index (χ0v) is 20.6. The van der Waals surface area contributed by atoms with Gasteiger partial charge < -0.3 is 10.0 Å². The molecule has 192 valence electrons. The third-order valence-electron chi connectivity index (χ3n) is 6.66. The summed E-state index contributed by atoms with van der Waals surface area (Å²) in [6, 6.07) is 7.74. The van der Waals surface area contributed by atoms with Gasteiger partial charge in [-0.15, -0.1) is 0 Å². The summed E-state index contributed by atoms with van der Waals surface area (Å²) in [7, 11) is 1.70. The van der Waals surface area contributed by atoms with Gasteiger partial charge in [-0.05, 0) is 78.6 Å². The standard InChI is InChI=1S/C26H28ClF6NO/c1-15(23(35)17-10-18(25(28,29)30)13-19(11-17)26(31,32)33)34(4)22-14-24(2,3)9-8-21(22)16-6-5-7-20(27)12-16/h5-7,10-13,15,23,35H,8-9,14H2,1-4H3/t15-,23-/m0/s1. The van der Waals surface area contributed by atoms with E-state index in [1.54, 1.807) is 24.9 Å². The van der Waals surface area contributed by atoms with Crippen molar-refractivity contribution in [1.82, 2.24) is 4.90 Å². The quantitative estimate of drug-likeness (QED) is 0.401. The molecule has 0 saturated heterocycles. The molecule has 0 amide bonds. The molecule has 0 unspecified atom stereocenters. The first-order valence-corrected chi connectivity index (χ1v) is 11.6. The fourth-order valence-electron chi connectivity index (χ4n) is 4.47. The molecule has 1 aliphatic rings. The van der Waals surface area contributed by atoms with Gasteiger partial charge in [0, 0.05) is 17.8 Å². The van der Waals surface area contributed by atoms with Crippen molar-refractivity contribution in [3.8, 4) is 0 Å². The number of benzene rings is 2. The second kappa shape index (κ2) is 9.69. The molecular weight excluding hydrogens is 492 g/mol. The molecule has 0 saturated carbocycles. The third-order valence-corrected chi connectivity index (χ3v) is 6.90. The first-order valence-electron chi connectivity index (χ1n) is 11.2. The molecule has 0 bridgehead atoms. The maximum atomic E-state index is 13.3. The molecule has 0 spiro atoms. The van der Waals surface area contributed by atoms with Crippen molar-refractivity contribution in [2.24, 2.45) is 5.41 Å². The molecule has 9 heteroatoms. The van der Waals surface area contributed by atoms with Crippen LogP contribution in [0.15, 0.2) is 48.2 Å². The Hall–Kier alpha value is -2.19. The maximum absolute atomic E-state index is 13.3. The predicted molar refractivity (Wildman–Crippen MR) is 125 cm³/mol. The third kappa shape index (κ3) is 6.33. The number of hydrogen-bond donors (Lipinski definition) is 1. The molecule has 2 nitrogen and oxygen atoms in total. The maximum Gasteiger partial charge on any atom is 0.416 e. The normalized spacial score (nSPS) is 18.4. The SMILES string of the molecule is C[C@@H]([C@H](O)c1cc(C(F)(F)F)cc(C(F)(F)F)c1)N(C)C1=C(c2cccc(Cl)c2)CCC(C)(C)C1. The van der Waals surface area contributed by atoms with Crippen LogP contribution in [-0.4, -0.2) is 23.1 Å². The molecule has 1 N–H and O–H groups in total. The van der Waals surface area contributed by atoms with Crippen LogP contribution < -0.4 is 0 Å². The predicted octanol–water partition coefficient (Wildman–Crippen LogP) is 8.35. The Kier molecular flexibility index (Phi) is 7.59. The van der Waals surface area contributed by atoms with Gasteiger partial charge in [0.2, 0.25) is 0 Å². The minimum Gasteiger partial charge on any atom is -0.386 e. The lowest BCUT2D eigenvalue weighted by Gasteiger charge is -2.41. The van der Waals surface area contributed by atoms with Crippen molar-refractivity contribution in [3.05, 3.63) is 75.4 Å². The zero-order chi connectivity index (χ0) is 26.3. The fourth-order valence-corrected chi connectivity index (χ4v) is 4.66. The Bertz CT molecular complexity index is 1070. The van der Waals surface area contributed by atoms with Crippen molar-refractivity contribution in [2.45, 2.75) is 64.5 Å². The van der Waals surface area contributed by atoms with Crippen molar-refractivity contribution in [3.63, 3.8) is 0 Å². The van der Waals surface area contributed by atoms with E-state index in [4.69, 9.17) is 11.6 Å². The van der Waals surface area contributed by atoms with Gasteiger partial charge in [0.05, 0.1) is 23.3 Å². The molecule has 2 aromatic carbocycles. The molecule has 0 radical (unpaired) electrons. The molecular formula is C26H28ClF6NO. The van der Waals surface area contributed by atoms with E-state index in [0.717, 1.165) is 29.7 Å². The highest BCUT2D eigenvalue weighted by Gasteiger charge is 2.39. The van der Waals surface area contributed by atoms with E-state index < -0.39 is 41.2 Å². The summed E-state index contributed by atoms with van der Waals surface area (Å²) in [6.45, 7) is 5.78. The van der Waals surface area contributed by atoms with Crippen LogP contribution in [0.4, 0.5) is 26.3 Å². The van der Waals surface area contributed by atoms with Crippen LogP contribution in [0.5, 0.6) is 0 Å². The summed E-state index contributed by atoms with van der Waals surface area (Å²) in [5.74, 6) is 0. The van der Waals surface area contributed by atoms with Crippen LogP contribution >= 0.6 is 11.6 Å². The summed E-state index contributed by atoms with van der Waals surface area (Å²) < 4.78 is 80.0. The smallest absolute Gasteiger partial charge is 0.386 e. The highest BCUT2D eigenvalue weighted by Crippen LogP contribution is 2.45. The van der Waals surface area contributed by atoms with E-state index in [-0.39, 0.29) is 11.5 Å². The van der Waals surface area contributed by atoms with Crippen LogP contribution in [0.25, 0.3) is 5.57 Å². The molecule has 0 fully saturated rings. The Morgan fingerprint density at radius 1 is 0.971 bits per heavy atom. The lowest BCUT2D eigenvalue weighted by molar-refractivity contribution is -0.143. The summed E-state index contributed by atoms with van der Waals surface area (Å²) in [5.41, 5.74) is -0.647. The van der Waals surface area contributed by atoms with E-state index in [1.807, 2.05) is 18.2 Å². The zero-order valence-electron chi connectivity index (χ0n) is 19.9. The number of allylic oxidation sites excluding steroid dienone is 2. The Morgan fingerprint density at radius 3 is 2.06 bits per heavy atom. The van der Waals surface area contributed by atoms with Gasteiger partial charge in [0.1, 0.15) is 0 Å². The topological polar surface area (TPSA) is 23.5 Å². The second-order valence-electron chi connectivity index (χ2n) is 9.91. The van der Waals surface area contributed by atoms with Gasteiger partial charge in [-0.25, -0.2) is 0 Å². The van der Waals surface area contributed by atoms with Crippen molar-refractivity contribution < 1.29 is 31.4 Å². The molecule has 2 atom stereocenters. The Balaban J connectivity index is 2.04. The van der Waals surface area contributed by atoms with E-state index in [0.29, 0.717) is 23.6 Å². The first kappa shape index (κ1) is 27.4. The summed E-state index contributed by atoms with van der Waals surface area (Å²) >= 11 is 6.18. The van der Waals surface area contributed by atoms with E-state index >= 15 is 0 Å². The van der Waals surface area contributed by atoms with E-state index in [2.05, 4.69) is 13.8 Å². The number of nitrogens with zero attached hydrogens (tertiary/aromatic N) is 1. The molecule has 0 heterocycles. The molecule has 35 heavy (non-hydrogen) atoms. The number of halogens is 7. The van der Waals surface area contributed by atoms with Gasteiger partial charge >= 0.3 is 12.4 Å². The number of rotatable bonds is 5. The van der Waals surface area contributed by atoms with Gasteiger partial charge in [-0.2, -0.15) is 26.3 Å². The second-order valence-corrected chi connectivity index (χ2v) is 10.3. The van der Waals surface area contributed by atoms with Gasteiger partial charge in [-0.1, -0.05) is 37.6 Å². The van der Waals surface area contributed by atoms with Crippen molar-refractivity contribution in [1.29, 1.82) is 0 Å². The lowest BCUT2D eigenvalue weighted by Crippen LogP contribution is -2.37. The van der Waals surface area contributed by atoms with Crippen LogP contribution in [-0.2, 0) is 12.4 Å². The number of aliphatic hydroxyl groups excluding tert-OH is 1. The Morgan fingerprint density at radius 2 is 1.54 bits per heavy atom. The van der Waals surface area contributed by atoms with Gasteiger partial charge in [0.15, 0.2) is 0 Å². The van der Waals surface area contributed by atoms with Crippen LogP contribution in [0.1, 0.15) is 68.4 Å². The molecule has 2 aromatic rings. The molecule has 0 aliphatic heterocycles. The first-order chi connectivity index (χ1) is 16.0. The van der Waals surface area contributed by atoms with Crippen molar-refractivity contribution in [2.75, 3.05) is 7.05 Å². The highest BCUT2D eigenvalue weighted by molar-refractivity contribution is 6.30. The number of hydrogen-bond acceptors (Lipinski definition) is 2. The number of aliphatic hydroxyl groups is 1. The molecule has 0 aromatic heterocycles. The summed E-state index contributed by atoms with van der Waals surface area (Å²) in [6.07, 6.45) is -9.33. The Labute approximate surface area is 206 Å². The monoisotopic (exact) mass is 519 g/mol. The van der Waals surface area contributed by atoms with Gasteiger partial charge in [0.25, 0.3) is 0 Å². The minimum absolute atomic E-state index is 0.0635. The number of alkyl halides is 6. The average Bonchev–Trinajstić information content (AvgIpc) is 2.75. The van der Waals surface area contributed by atoms with E-state index in [1.165, 1.54) is 0 Å².